The van der Waals surface area contributed by atoms with Gasteiger partial charge >= 0.3 is 5.97 Å². The summed E-state index contributed by atoms with van der Waals surface area (Å²) in [6.07, 6.45) is 3.21. The number of aromatic nitrogens is 1. The van der Waals surface area contributed by atoms with E-state index in [0.29, 0.717) is 11.3 Å². The minimum Gasteiger partial charge on any atom is -0.456 e. The van der Waals surface area contributed by atoms with Crippen LogP contribution in [0.25, 0.3) is 0 Å². The van der Waals surface area contributed by atoms with Gasteiger partial charge in [-0.3, -0.25) is 4.98 Å². The summed E-state index contributed by atoms with van der Waals surface area (Å²) in [5.41, 5.74) is 6.27. The Morgan fingerprint density at radius 3 is 2.70 bits per heavy atom. The van der Waals surface area contributed by atoms with Gasteiger partial charge < -0.3 is 15.2 Å². The smallest absolute Gasteiger partial charge is 0.338 e. The van der Waals surface area contributed by atoms with Gasteiger partial charge in [0.2, 0.25) is 5.88 Å². The molecular weight excluding hydrogens is 294 g/mol. The molecule has 0 saturated heterocycles. The van der Waals surface area contributed by atoms with Crippen LogP contribution in [0.4, 0.5) is 0 Å². The van der Waals surface area contributed by atoms with Crippen molar-refractivity contribution in [1.82, 2.24) is 4.98 Å². The number of esters is 1. The molecule has 2 N–H and O–H groups in total. The first kappa shape index (κ1) is 16.6. The van der Waals surface area contributed by atoms with Crippen LogP contribution in [0.3, 0.4) is 0 Å². The lowest BCUT2D eigenvalue weighted by molar-refractivity contribution is -0.150. The Morgan fingerprint density at radius 2 is 2.17 bits per heavy atom. The number of pyridine rings is 1. The fourth-order valence-electron chi connectivity index (χ4n) is 2.36. The number of hydrogen-bond acceptors (Lipinski definition) is 6. The maximum atomic E-state index is 12.6. The lowest BCUT2D eigenvalue weighted by Crippen LogP contribution is -2.30. The average Bonchev–Trinajstić information content (AvgIpc) is 2.45. The molecule has 120 valence electrons. The Hall–Kier alpha value is -2.81. The van der Waals surface area contributed by atoms with Gasteiger partial charge in [-0.1, -0.05) is 6.07 Å². The van der Waals surface area contributed by atoms with Crippen molar-refractivity contribution in [3.8, 4) is 6.07 Å². The number of carbonyl (C=O) groups is 1. The monoisotopic (exact) mass is 313 g/mol. The Morgan fingerprint density at radius 1 is 1.48 bits per heavy atom. The van der Waals surface area contributed by atoms with Crippen LogP contribution in [-0.2, 0) is 14.3 Å². The van der Waals surface area contributed by atoms with Gasteiger partial charge in [-0.05, 0) is 39.3 Å². The third kappa shape index (κ3) is 3.51. The standard InChI is InChI=1S/C17H19N3O3/c1-10-13(16(21)23-17(2,3)4)14(11-6-5-7-20-9-11)12(8-18)15(19)22-10/h5-7,9,14H,19H2,1-4H3. The molecule has 2 rings (SSSR count). The summed E-state index contributed by atoms with van der Waals surface area (Å²) in [7, 11) is 0. The second-order valence-electron chi connectivity index (χ2n) is 6.18. The molecule has 0 radical (unpaired) electrons. The largest absolute Gasteiger partial charge is 0.456 e. The summed E-state index contributed by atoms with van der Waals surface area (Å²) in [5, 5.41) is 9.45. The summed E-state index contributed by atoms with van der Waals surface area (Å²) >= 11 is 0. The molecule has 1 aromatic heterocycles. The SMILES string of the molecule is CC1=C(C(=O)OC(C)(C)C)C(c2cccnc2)C(C#N)=C(N)O1. The summed E-state index contributed by atoms with van der Waals surface area (Å²) in [5.74, 6) is -0.878. The van der Waals surface area contributed by atoms with Crippen LogP contribution < -0.4 is 5.73 Å². The van der Waals surface area contributed by atoms with Gasteiger partial charge in [-0.25, -0.2) is 4.79 Å². The third-order valence-corrected chi connectivity index (χ3v) is 3.24. The predicted molar refractivity (Wildman–Crippen MR) is 83.4 cm³/mol. The quantitative estimate of drug-likeness (QED) is 0.842. The second kappa shape index (κ2) is 6.13. The van der Waals surface area contributed by atoms with Crippen molar-refractivity contribution in [2.45, 2.75) is 39.2 Å². The average molecular weight is 313 g/mol. The van der Waals surface area contributed by atoms with Crippen LogP contribution in [0.2, 0.25) is 0 Å². The molecule has 0 fully saturated rings. The van der Waals surface area contributed by atoms with E-state index >= 15 is 0 Å². The van der Waals surface area contributed by atoms with Crippen molar-refractivity contribution in [3.63, 3.8) is 0 Å². The highest BCUT2D eigenvalue weighted by atomic mass is 16.6. The van der Waals surface area contributed by atoms with Crippen molar-refractivity contribution >= 4 is 5.97 Å². The fraction of sp³-hybridized carbons (Fsp3) is 0.353. The van der Waals surface area contributed by atoms with Crippen LogP contribution >= 0.6 is 0 Å². The van der Waals surface area contributed by atoms with E-state index in [1.165, 1.54) is 0 Å². The molecular formula is C17H19N3O3. The number of allylic oxidation sites excluding steroid dienone is 2. The molecule has 23 heavy (non-hydrogen) atoms. The van der Waals surface area contributed by atoms with Gasteiger partial charge in [0.1, 0.15) is 23.0 Å². The van der Waals surface area contributed by atoms with E-state index in [0.717, 1.165) is 0 Å². The summed E-state index contributed by atoms with van der Waals surface area (Å²) in [4.78, 5) is 16.7. The molecule has 0 amide bonds. The Labute approximate surface area is 135 Å². The zero-order valence-corrected chi connectivity index (χ0v) is 13.6. The van der Waals surface area contributed by atoms with Crippen molar-refractivity contribution in [3.05, 3.63) is 52.9 Å². The van der Waals surface area contributed by atoms with Crippen LogP contribution in [0.15, 0.2) is 47.3 Å². The van der Waals surface area contributed by atoms with Crippen molar-refractivity contribution in [2.24, 2.45) is 5.73 Å². The minimum absolute atomic E-state index is 0.00818. The van der Waals surface area contributed by atoms with E-state index in [1.807, 2.05) is 6.07 Å². The molecule has 0 aromatic carbocycles. The Kier molecular flexibility index (Phi) is 4.41. The van der Waals surface area contributed by atoms with Crippen molar-refractivity contribution < 1.29 is 14.3 Å². The molecule has 1 aliphatic heterocycles. The molecule has 1 aromatic rings. The van der Waals surface area contributed by atoms with Crippen LogP contribution in [-0.4, -0.2) is 16.6 Å². The summed E-state index contributed by atoms with van der Waals surface area (Å²) in [6, 6.07) is 5.55. The Bertz CT molecular complexity index is 722. The number of rotatable bonds is 2. The number of nitriles is 1. The minimum atomic E-state index is -0.663. The third-order valence-electron chi connectivity index (χ3n) is 3.24. The van der Waals surface area contributed by atoms with Gasteiger partial charge in [0, 0.05) is 12.4 Å². The molecule has 1 unspecified atom stereocenters. The van der Waals surface area contributed by atoms with E-state index in [1.54, 1.807) is 52.2 Å². The van der Waals surface area contributed by atoms with Gasteiger partial charge in [0.05, 0.1) is 11.5 Å². The Balaban J connectivity index is 2.55. The van der Waals surface area contributed by atoms with E-state index in [4.69, 9.17) is 15.2 Å². The predicted octanol–water partition coefficient (Wildman–Crippen LogP) is 2.50. The number of nitrogens with two attached hydrogens (primary N) is 1. The van der Waals surface area contributed by atoms with Gasteiger partial charge in [-0.15, -0.1) is 0 Å². The summed E-state index contributed by atoms with van der Waals surface area (Å²) < 4.78 is 10.8. The normalized spacial score (nSPS) is 18.3. The molecule has 0 bridgehead atoms. The number of carbonyl (C=O) groups excluding carboxylic acids is 1. The second-order valence-corrected chi connectivity index (χ2v) is 6.18. The van der Waals surface area contributed by atoms with Crippen LogP contribution in [0.1, 0.15) is 39.2 Å². The van der Waals surface area contributed by atoms with Gasteiger partial charge in [0.25, 0.3) is 0 Å². The van der Waals surface area contributed by atoms with Gasteiger partial charge in [-0.2, -0.15) is 5.26 Å². The first-order chi connectivity index (χ1) is 10.7. The molecule has 0 spiro atoms. The van der Waals surface area contributed by atoms with Crippen LogP contribution in [0, 0.1) is 11.3 Å². The molecule has 1 aliphatic rings. The first-order valence-corrected chi connectivity index (χ1v) is 7.16. The van der Waals surface area contributed by atoms with Crippen molar-refractivity contribution in [1.29, 1.82) is 5.26 Å². The number of nitrogens with zero attached hydrogens (tertiary/aromatic N) is 2. The highest BCUT2D eigenvalue weighted by Crippen LogP contribution is 2.39. The molecule has 0 saturated carbocycles. The summed E-state index contributed by atoms with van der Waals surface area (Å²) in [6.45, 7) is 6.96. The molecule has 0 aliphatic carbocycles. The zero-order chi connectivity index (χ0) is 17.2. The van der Waals surface area contributed by atoms with E-state index < -0.39 is 17.5 Å². The first-order valence-electron chi connectivity index (χ1n) is 7.16. The number of hydrogen-bond donors (Lipinski definition) is 1. The molecule has 2 heterocycles. The lowest BCUT2D eigenvalue weighted by Gasteiger charge is -2.29. The fourth-order valence-corrected chi connectivity index (χ4v) is 2.36. The van der Waals surface area contributed by atoms with Crippen molar-refractivity contribution in [2.75, 3.05) is 0 Å². The van der Waals surface area contributed by atoms with E-state index in [9.17, 15) is 10.1 Å². The highest BCUT2D eigenvalue weighted by molar-refractivity contribution is 5.92. The van der Waals surface area contributed by atoms with E-state index in [-0.39, 0.29) is 17.0 Å². The van der Waals surface area contributed by atoms with E-state index in [2.05, 4.69) is 4.98 Å². The highest BCUT2D eigenvalue weighted by Gasteiger charge is 2.37. The topological polar surface area (TPSA) is 98.2 Å². The number of ether oxygens (including phenoxy) is 2. The maximum absolute atomic E-state index is 12.6. The molecule has 6 heteroatoms. The molecule has 6 nitrogen and oxygen atoms in total. The lowest BCUT2D eigenvalue weighted by atomic mass is 9.84. The van der Waals surface area contributed by atoms with Crippen LogP contribution in [0.5, 0.6) is 0 Å². The molecule has 1 atom stereocenters. The maximum Gasteiger partial charge on any atom is 0.338 e. The zero-order valence-electron chi connectivity index (χ0n) is 13.6. The van der Waals surface area contributed by atoms with Gasteiger partial charge in [0.15, 0.2) is 0 Å².